The second kappa shape index (κ2) is 5.85. The minimum absolute atomic E-state index is 0.0263. The first-order chi connectivity index (χ1) is 8.97. The fraction of sp³-hybridized carbons (Fsp3) is 0.133. The minimum atomic E-state index is -0.388. The van der Waals surface area contributed by atoms with Crippen LogP contribution in [0.5, 0.6) is 0 Å². The highest BCUT2D eigenvalue weighted by molar-refractivity contribution is 9.10. The van der Waals surface area contributed by atoms with Crippen LogP contribution in [-0.4, -0.2) is 5.78 Å². The summed E-state index contributed by atoms with van der Waals surface area (Å²) in [6.45, 7) is 1.87. The van der Waals surface area contributed by atoms with Gasteiger partial charge in [-0.05, 0) is 36.2 Å². The van der Waals surface area contributed by atoms with Gasteiger partial charge in [0.05, 0.1) is 0 Å². The van der Waals surface area contributed by atoms with E-state index in [-0.39, 0.29) is 18.0 Å². The lowest BCUT2D eigenvalue weighted by Gasteiger charge is -2.05. The van der Waals surface area contributed by atoms with E-state index in [1.165, 1.54) is 6.07 Å². The normalized spacial score (nSPS) is 10.5. The molecule has 0 heterocycles. The van der Waals surface area contributed by atoms with E-state index in [4.69, 9.17) is 11.6 Å². The fourth-order valence-electron chi connectivity index (χ4n) is 1.71. The molecular weight excluding hydrogens is 331 g/mol. The quantitative estimate of drug-likeness (QED) is 0.720. The van der Waals surface area contributed by atoms with Gasteiger partial charge in [-0.25, -0.2) is 4.39 Å². The molecule has 0 aliphatic heterocycles. The number of aryl methyl sites for hydroxylation is 1. The van der Waals surface area contributed by atoms with Crippen molar-refractivity contribution in [1.82, 2.24) is 0 Å². The summed E-state index contributed by atoms with van der Waals surface area (Å²) in [5.41, 5.74) is 1.79. The van der Waals surface area contributed by atoms with Gasteiger partial charge in [0.1, 0.15) is 5.82 Å². The highest BCUT2D eigenvalue weighted by atomic mass is 79.9. The molecule has 2 rings (SSSR count). The van der Waals surface area contributed by atoms with Crippen molar-refractivity contribution in [1.29, 1.82) is 0 Å². The van der Waals surface area contributed by atoms with E-state index in [1.54, 1.807) is 30.3 Å². The van der Waals surface area contributed by atoms with Gasteiger partial charge in [0.2, 0.25) is 0 Å². The molecule has 19 heavy (non-hydrogen) atoms. The van der Waals surface area contributed by atoms with Crippen LogP contribution in [0.1, 0.15) is 21.5 Å². The number of hydrogen-bond donors (Lipinski definition) is 0. The molecule has 98 valence electrons. The molecule has 2 aromatic carbocycles. The van der Waals surface area contributed by atoms with E-state index in [2.05, 4.69) is 15.9 Å². The second-order valence-electron chi connectivity index (χ2n) is 4.30. The largest absolute Gasteiger partial charge is 0.294 e. The van der Waals surface area contributed by atoms with Gasteiger partial charge in [-0.1, -0.05) is 45.7 Å². The summed E-state index contributed by atoms with van der Waals surface area (Å²) < 4.78 is 14.3. The van der Waals surface area contributed by atoms with Crippen LogP contribution in [0.15, 0.2) is 40.9 Å². The van der Waals surface area contributed by atoms with Crippen molar-refractivity contribution in [2.75, 3.05) is 0 Å². The van der Waals surface area contributed by atoms with Gasteiger partial charge >= 0.3 is 0 Å². The minimum Gasteiger partial charge on any atom is -0.294 e. The van der Waals surface area contributed by atoms with E-state index in [1.807, 2.05) is 6.92 Å². The Morgan fingerprint density at radius 3 is 2.63 bits per heavy atom. The Bertz CT molecular complexity index is 640. The maximum absolute atomic E-state index is 13.7. The van der Waals surface area contributed by atoms with Crippen LogP contribution in [0.4, 0.5) is 4.39 Å². The van der Waals surface area contributed by atoms with E-state index < -0.39 is 0 Å². The first-order valence-electron chi connectivity index (χ1n) is 5.70. The first-order valence-corrected chi connectivity index (χ1v) is 6.88. The maximum Gasteiger partial charge on any atom is 0.167 e. The van der Waals surface area contributed by atoms with E-state index in [0.717, 1.165) is 5.56 Å². The molecule has 0 atom stereocenters. The summed E-state index contributed by atoms with van der Waals surface area (Å²) in [5, 5.41) is 0.544. The summed E-state index contributed by atoms with van der Waals surface area (Å²) in [6.07, 6.45) is 0.0263. The van der Waals surface area contributed by atoms with Crippen molar-refractivity contribution in [3.05, 3.63) is 68.4 Å². The zero-order valence-electron chi connectivity index (χ0n) is 10.2. The Labute approximate surface area is 124 Å². The summed E-state index contributed by atoms with van der Waals surface area (Å²) in [7, 11) is 0. The smallest absolute Gasteiger partial charge is 0.167 e. The Balaban J connectivity index is 2.23. The average molecular weight is 342 g/mol. The molecular formula is C15H11BrClFO. The highest BCUT2D eigenvalue weighted by Crippen LogP contribution is 2.20. The predicted octanol–water partition coefficient (Wildman–Crippen LogP) is 4.98. The van der Waals surface area contributed by atoms with Gasteiger partial charge in [0.15, 0.2) is 5.78 Å². The summed E-state index contributed by atoms with van der Waals surface area (Å²) in [4.78, 5) is 12.1. The van der Waals surface area contributed by atoms with Crippen molar-refractivity contribution in [3.63, 3.8) is 0 Å². The lowest BCUT2D eigenvalue weighted by molar-refractivity contribution is 0.0992. The Kier molecular flexibility index (Phi) is 4.38. The number of hydrogen-bond acceptors (Lipinski definition) is 1. The standard InChI is InChI=1S/C15H11BrClFO/c1-9-2-3-11(6-13(9)17)15(19)7-10-4-5-12(16)8-14(10)18/h2-6,8H,7H2,1H3. The molecule has 0 aromatic heterocycles. The molecule has 0 amide bonds. The molecule has 0 spiro atoms. The van der Waals surface area contributed by atoms with Gasteiger partial charge in [-0.15, -0.1) is 0 Å². The predicted molar refractivity (Wildman–Crippen MR) is 78.3 cm³/mol. The zero-order chi connectivity index (χ0) is 14.0. The molecule has 0 saturated heterocycles. The SMILES string of the molecule is Cc1ccc(C(=O)Cc2ccc(Br)cc2F)cc1Cl. The Morgan fingerprint density at radius 2 is 2.00 bits per heavy atom. The fourth-order valence-corrected chi connectivity index (χ4v) is 2.22. The molecule has 0 aliphatic rings. The van der Waals surface area contributed by atoms with Crippen LogP contribution < -0.4 is 0 Å². The molecule has 0 saturated carbocycles. The van der Waals surface area contributed by atoms with Gasteiger partial charge in [-0.2, -0.15) is 0 Å². The van der Waals surface area contributed by atoms with Gasteiger partial charge < -0.3 is 0 Å². The third-order valence-corrected chi connectivity index (χ3v) is 3.76. The van der Waals surface area contributed by atoms with E-state index >= 15 is 0 Å². The third-order valence-electron chi connectivity index (χ3n) is 2.86. The van der Waals surface area contributed by atoms with Gasteiger partial charge in [0.25, 0.3) is 0 Å². The monoisotopic (exact) mass is 340 g/mol. The van der Waals surface area contributed by atoms with Crippen molar-refractivity contribution < 1.29 is 9.18 Å². The lowest BCUT2D eigenvalue weighted by Crippen LogP contribution is -2.05. The number of Topliss-reactive ketones (excluding diaryl/α,β-unsaturated/α-hetero) is 1. The molecule has 0 fully saturated rings. The summed E-state index contributed by atoms with van der Waals surface area (Å²) in [5.74, 6) is -0.538. The van der Waals surface area contributed by atoms with E-state index in [0.29, 0.717) is 20.6 Å². The van der Waals surface area contributed by atoms with Crippen LogP contribution in [0.2, 0.25) is 5.02 Å². The van der Waals surface area contributed by atoms with Crippen molar-refractivity contribution >= 4 is 33.3 Å². The van der Waals surface area contributed by atoms with Crippen LogP contribution in [0.3, 0.4) is 0 Å². The topological polar surface area (TPSA) is 17.1 Å². The molecule has 0 aliphatic carbocycles. The van der Waals surface area contributed by atoms with Crippen LogP contribution in [0, 0.1) is 12.7 Å². The molecule has 0 unspecified atom stereocenters. The van der Waals surface area contributed by atoms with E-state index in [9.17, 15) is 9.18 Å². The molecule has 2 aromatic rings. The van der Waals surface area contributed by atoms with Gasteiger partial charge in [0, 0.05) is 21.5 Å². The zero-order valence-corrected chi connectivity index (χ0v) is 12.6. The number of halogens is 3. The van der Waals surface area contributed by atoms with Crippen molar-refractivity contribution in [3.8, 4) is 0 Å². The molecule has 0 radical (unpaired) electrons. The second-order valence-corrected chi connectivity index (χ2v) is 5.62. The van der Waals surface area contributed by atoms with Crippen molar-refractivity contribution in [2.24, 2.45) is 0 Å². The number of rotatable bonds is 3. The summed E-state index contributed by atoms with van der Waals surface area (Å²) in [6, 6.07) is 9.79. The lowest BCUT2D eigenvalue weighted by atomic mass is 10.0. The summed E-state index contributed by atoms with van der Waals surface area (Å²) >= 11 is 9.16. The highest BCUT2D eigenvalue weighted by Gasteiger charge is 2.11. The molecule has 0 N–H and O–H groups in total. The van der Waals surface area contributed by atoms with Crippen LogP contribution in [-0.2, 0) is 6.42 Å². The Morgan fingerprint density at radius 1 is 1.26 bits per heavy atom. The number of benzene rings is 2. The van der Waals surface area contributed by atoms with Crippen LogP contribution in [0.25, 0.3) is 0 Å². The Hall–Kier alpha value is -1.19. The van der Waals surface area contributed by atoms with Gasteiger partial charge in [-0.3, -0.25) is 4.79 Å². The number of carbonyl (C=O) groups is 1. The molecule has 4 heteroatoms. The maximum atomic E-state index is 13.7. The van der Waals surface area contributed by atoms with Crippen molar-refractivity contribution in [2.45, 2.75) is 13.3 Å². The van der Waals surface area contributed by atoms with Crippen LogP contribution >= 0.6 is 27.5 Å². The average Bonchev–Trinajstić information content (AvgIpc) is 2.36. The molecule has 1 nitrogen and oxygen atoms in total. The number of ketones is 1. The third kappa shape index (κ3) is 3.43. The molecule has 0 bridgehead atoms. The number of carbonyl (C=O) groups excluding carboxylic acids is 1. The first kappa shape index (κ1) is 14.2.